The first-order valence-corrected chi connectivity index (χ1v) is 10.5. The molecule has 0 fully saturated rings. The van der Waals surface area contributed by atoms with E-state index in [0.29, 0.717) is 35.8 Å². The van der Waals surface area contributed by atoms with Gasteiger partial charge in [-0.3, -0.25) is 20.5 Å². The fourth-order valence-corrected chi connectivity index (χ4v) is 3.24. The summed E-state index contributed by atoms with van der Waals surface area (Å²) in [6.07, 6.45) is 3.45. The third-order valence-electron chi connectivity index (χ3n) is 4.74. The molecule has 9 heteroatoms. The molecular weight excluding hydrogens is 442 g/mol. The van der Waals surface area contributed by atoms with Gasteiger partial charge in [-0.05, 0) is 42.5 Å². The lowest BCUT2D eigenvalue weighted by atomic mass is 10.2. The van der Waals surface area contributed by atoms with Crippen molar-refractivity contribution >= 4 is 34.1 Å². The lowest BCUT2D eigenvalue weighted by Crippen LogP contribution is -2.27. The topological polar surface area (TPSA) is 106 Å². The zero-order valence-electron chi connectivity index (χ0n) is 17.5. The highest BCUT2D eigenvalue weighted by Crippen LogP contribution is 2.29. The highest BCUT2D eigenvalue weighted by Gasteiger charge is 2.15. The molecule has 0 aliphatic heterocycles. The van der Waals surface area contributed by atoms with E-state index < -0.39 is 0 Å². The Labute approximate surface area is 195 Å². The number of thiocarbonyl (C=S) groups is 1. The van der Waals surface area contributed by atoms with Crippen molar-refractivity contribution in [3.8, 4) is 11.5 Å². The Balaban J connectivity index is 1.31. The van der Waals surface area contributed by atoms with Crippen LogP contribution in [-0.2, 0) is 6.61 Å². The van der Waals surface area contributed by atoms with Crippen LogP contribution in [0.3, 0.4) is 0 Å². The van der Waals surface area contributed by atoms with Gasteiger partial charge in [0.1, 0.15) is 35.3 Å². The smallest absolute Gasteiger partial charge is 0.287 e. The molecule has 0 atom stereocenters. The maximum Gasteiger partial charge on any atom is 0.287 e. The Hall–Kier alpha value is -3.95. The number of carbonyl (C=O) groups is 1. The molecule has 0 aliphatic carbocycles. The molecule has 1 amide bonds. The van der Waals surface area contributed by atoms with E-state index in [1.54, 1.807) is 48.8 Å². The van der Waals surface area contributed by atoms with Gasteiger partial charge >= 0.3 is 0 Å². The van der Waals surface area contributed by atoms with E-state index in [4.69, 9.17) is 31.3 Å². The average Bonchev–Trinajstić information content (AvgIpc) is 3.31. The van der Waals surface area contributed by atoms with Crippen molar-refractivity contribution in [1.82, 2.24) is 15.8 Å². The molecule has 4 rings (SSSR count). The molecule has 0 spiro atoms. The molecule has 0 radical (unpaired) electrons. The number of ether oxygens (including phenoxy) is 2. The van der Waals surface area contributed by atoms with Crippen molar-refractivity contribution in [3.05, 3.63) is 89.9 Å². The molecule has 168 valence electrons. The van der Waals surface area contributed by atoms with Gasteiger partial charge in [-0.1, -0.05) is 24.4 Å². The number of benzene rings is 2. The van der Waals surface area contributed by atoms with Crippen LogP contribution < -0.4 is 20.3 Å². The third kappa shape index (κ3) is 5.65. The van der Waals surface area contributed by atoms with Crippen molar-refractivity contribution in [2.75, 3.05) is 13.2 Å². The van der Waals surface area contributed by atoms with E-state index in [1.165, 1.54) is 0 Å². The highest BCUT2D eigenvalue weighted by atomic mass is 32.1. The van der Waals surface area contributed by atoms with Crippen LogP contribution in [0.15, 0.2) is 77.5 Å². The molecule has 4 aromatic rings. The normalized spacial score (nSPS) is 10.6. The Morgan fingerprint density at radius 2 is 1.94 bits per heavy atom. The van der Waals surface area contributed by atoms with Gasteiger partial charge in [0.15, 0.2) is 5.76 Å². The number of furan rings is 1. The van der Waals surface area contributed by atoms with Gasteiger partial charge in [0.25, 0.3) is 5.91 Å². The summed E-state index contributed by atoms with van der Waals surface area (Å²) >= 11 is 4.95. The first-order valence-electron chi connectivity index (χ1n) is 10.1. The number of pyridine rings is 1. The van der Waals surface area contributed by atoms with E-state index in [9.17, 15) is 4.79 Å². The van der Waals surface area contributed by atoms with Gasteiger partial charge in [-0.15, -0.1) is 0 Å². The lowest BCUT2D eigenvalue weighted by Gasteiger charge is -2.08. The fourth-order valence-electron chi connectivity index (χ4n) is 3.10. The molecular formula is C24H21N3O5S. The number of hydrogen-bond donors (Lipinski definition) is 3. The number of nitrogens with zero attached hydrogens (tertiary/aromatic N) is 1. The van der Waals surface area contributed by atoms with Gasteiger partial charge in [-0.2, -0.15) is 0 Å². The second kappa shape index (κ2) is 10.6. The predicted octanol–water partition coefficient (Wildman–Crippen LogP) is 3.87. The van der Waals surface area contributed by atoms with Crippen LogP contribution in [0.25, 0.3) is 11.0 Å². The summed E-state index contributed by atoms with van der Waals surface area (Å²) in [6, 6.07) is 17.8. The molecule has 0 aliphatic rings. The van der Waals surface area contributed by atoms with E-state index in [-0.39, 0.29) is 23.3 Å². The molecule has 3 N–H and O–H groups in total. The molecule has 0 saturated carbocycles. The summed E-state index contributed by atoms with van der Waals surface area (Å²) in [5, 5.41) is 12.3. The SMILES string of the molecule is O=C(NCCOc1ccc(C(=S)NO)cc1)c1cc2c(OCc3cccnc3)cccc2o1. The number of fused-ring (bicyclic) bond motifs is 1. The van der Waals surface area contributed by atoms with Crippen LogP contribution in [0.4, 0.5) is 0 Å². The summed E-state index contributed by atoms with van der Waals surface area (Å²) in [7, 11) is 0. The second-order valence-electron chi connectivity index (χ2n) is 7.00. The molecule has 0 saturated heterocycles. The quantitative estimate of drug-likeness (QED) is 0.195. The zero-order chi connectivity index (χ0) is 23.0. The Morgan fingerprint density at radius 3 is 2.70 bits per heavy atom. The number of amides is 1. The van der Waals surface area contributed by atoms with Gasteiger partial charge in [0.05, 0.1) is 11.9 Å². The monoisotopic (exact) mass is 463 g/mol. The van der Waals surface area contributed by atoms with Crippen LogP contribution >= 0.6 is 12.2 Å². The van der Waals surface area contributed by atoms with Crippen molar-refractivity contribution in [3.63, 3.8) is 0 Å². The number of hydroxylamine groups is 1. The van der Waals surface area contributed by atoms with Crippen molar-refractivity contribution < 1.29 is 23.9 Å². The molecule has 8 nitrogen and oxygen atoms in total. The Bertz CT molecular complexity index is 1240. The van der Waals surface area contributed by atoms with E-state index >= 15 is 0 Å². The van der Waals surface area contributed by atoms with Crippen molar-refractivity contribution in [2.24, 2.45) is 0 Å². The summed E-state index contributed by atoms with van der Waals surface area (Å²) in [5.74, 6) is 1.09. The van der Waals surface area contributed by atoms with E-state index in [0.717, 1.165) is 10.9 Å². The van der Waals surface area contributed by atoms with Crippen LogP contribution in [-0.4, -0.2) is 34.2 Å². The Kier molecular flexibility index (Phi) is 7.13. The van der Waals surface area contributed by atoms with Crippen LogP contribution in [0.5, 0.6) is 11.5 Å². The average molecular weight is 464 g/mol. The summed E-state index contributed by atoms with van der Waals surface area (Å²) < 4.78 is 17.2. The Morgan fingerprint density at radius 1 is 1.09 bits per heavy atom. The van der Waals surface area contributed by atoms with Crippen LogP contribution in [0.1, 0.15) is 21.7 Å². The standard InChI is InChI=1S/C24H21N3O5S/c28-23(26-11-12-30-18-8-6-17(7-9-18)24(33)27-29)22-13-19-20(4-1-5-21(19)32-22)31-15-16-3-2-10-25-14-16/h1-10,13-14,29H,11-12,15H2,(H,26,28)(H,27,33). The molecule has 0 bridgehead atoms. The number of hydrogen-bond acceptors (Lipinski definition) is 7. The minimum absolute atomic E-state index is 0.191. The predicted molar refractivity (Wildman–Crippen MR) is 126 cm³/mol. The molecule has 2 aromatic heterocycles. The van der Waals surface area contributed by atoms with Crippen molar-refractivity contribution in [2.45, 2.75) is 6.61 Å². The molecule has 2 aromatic carbocycles. The molecule has 33 heavy (non-hydrogen) atoms. The summed E-state index contributed by atoms with van der Waals surface area (Å²) in [4.78, 5) is 16.8. The largest absolute Gasteiger partial charge is 0.492 e. The second-order valence-corrected chi connectivity index (χ2v) is 7.41. The maximum atomic E-state index is 12.5. The summed E-state index contributed by atoms with van der Waals surface area (Å²) in [6.45, 7) is 0.923. The van der Waals surface area contributed by atoms with E-state index in [1.807, 2.05) is 29.7 Å². The number of rotatable bonds is 9. The summed E-state index contributed by atoms with van der Waals surface area (Å²) in [5.41, 5.74) is 4.11. The molecule has 0 unspecified atom stereocenters. The van der Waals surface area contributed by atoms with Gasteiger partial charge < -0.3 is 19.2 Å². The maximum absolute atomic E-state index is 12.5. The van der Waals surface area contributed by atoms with Gasteiger partial charge in [0, 0.05) is 29.6 Å². The van der Waals surface area contributed by atoms with E-state index in [2.05, 4.69) is 10.3 Å². The minimum atomic E-state index is -0.345. The fraction of sp³-hybridized carbons (Fsp3) is 0.125. The number of nitrogens with one attached hydrogen (secondary N) is 2. The lowest BCUT2D eigenvalue weighted by molar-refractivity contribution is 0.0921. The van der Waals surface area contributed by atoms with Gasteiger partial charge in [-0.25, -0.2) is 0 Å². The first-order chi connectivity index (χ1) is 16.1. The first kappa shape index (κ1) is 22.3. The third-order valence-corrected chi connectivity index (χ3v) is 5.06. The van der Waals surface area contributed by atoms with Gasteiger partial charge in [0.2, 0.25) is 0 Å². The zero-order valence-corrected chi connectivity index (χ0v) is 18.3. The van der Waals surface area contributed by atoms with Crippen LogP contribution in [0, 0.1) is 0 Å². The van der Waals surface area contributed by atoms with Crippen molar-refractivity contribution in [1.29, 1.82) is 0 Å². The molecule has 2 heterocycles. The number of carbonyl (C=O) groups excluding carboxylic acids is 1. The highest BCUT2D eigenvalue weighted by molar-refractivity contribution is 7.80. The minimum Gasteiger partial charge on any atom is -0.492 e. The van der Waals surface area contributed by atoms with Crippen LogP contribution in [0.2, 0.25) is 0 Å². The number of aromatic nitrogens is 1.